The molecule has 0 aliphatic carbocycles. The number of hydrogen-bond donors (Lipinski definition) is 3. The van der Waals surface area contributed by atoms with Crippen LogP contribution in [0.4, 0.5) is 13.2 Å². The summed E-state index contributed by atoms with van der Waals surface area (Å²) in [5.74, 6) is 0.118. The third-order valence-electron chi connectivity index (χ3n) is 4.92. The zero-order chi connectivity index (χ0) is 25.4. The third kappa shape index (κ3) is 5.48. The molecule has 0 fully saturated rings. The first-order valence-corrected chi connectivity index (χ1v) is 11.7. The fourth-order valence-corrected chi connectivity index (χ4v) is 4.02. The third-order valence-corrected chi connectivity index (χ3v) is 5.44. The van der Waals surface area contributed by atoms with Gasteiger partial charge in [0.1, 0.15) is 17.7 Å². The van der Waals surface area contributed by atoms with Gasteiger partial charge in [-0.1, -0.05) is 19.4 Å². The number of halogens is 3. The Morgan fingerprint density at radius 3 is 2.63 bits per heavy atom. The number of phosphoric ester groups is 1. The molecule has 0 bridgehead atoms. The van der Waals surface area contributed by atoms with Crippen LogP contribution < -0.4 is 5.56 Å². The molecule has 16 heteroatoms. The zero-order valence-corrected chi connectivity index (χ0v) is 18.9. The molecule has 4 rings (SSSR count). The summed E-state index contributed by atoms with van der Waals surface area (Å²) >= 11 is 0. The van der Waals surface area contributed by atoms with E-state index in [1.165, 1.54) is 27.7 Å². The van der Waals surface area contributed by atoms with Gasteiger partial charge in [0.25, 0.3) is 5.56 Å². The smallest absolute Gasteiger partial charge is 0.311 e. The molecule has 12 nitrogen and oxygen atoms in total. The van der Waals surface area contributed by atoms with Crippen molar-refractivity contribution >= 4 is 19.0 Å². The normalized spacial score (nSPS) is 13.4. The van der Waals surface area contributed by atoms with Crippen LogP contribution in [-0.4, -0.2) is 44.1 Å². The SMILES string of the molecule is CCCC(OP(=O)(O)O)n1c(-c2cnn(Cc3ccc(C(F)(F)F)nc3)c2)nc2nc[nH]c(=O)c21. The second-order valence-corrected chi connectivity index (χ2v) is 8.72. The number of nitrogens with one attached hydrogen (secondary N) is 1. The van der Waals surface area contributed by atoms with Gasteiger partial charge in [-0.25, -0.2) is 14.5 Å². The summed E-state index contributed by atoms with van der Waals surface area (Å²) < 4.78 is 57.5. The zero-order valence-electron chi connectivity index (χ0n) is 18.0. The number of hydrogen-bond acceptors (Lipinski definition) is 7. The maximum absolute atomic E-state index is 12.7. The number of H-pyrrole nitrogens is 1. The quantitative estimate of drug-likeness (QED) is 0.301. The highest BCUT2D eigenvalue weighted by molar-refractivity contribution is 7.46. The summed E-state index contributed by atoms with van der Waals surface area (Å²) in [6.45, 7) is 1.86. The van der Waals surface area contributed by atoms with Crippen LogP contribution in [0.15, 0.2) is 41.8 Å². The van der Waals surface area contributed by atoms with Crippen molar-refractivity contribution in [1.82, 2.24) is 34.3 Å². The second-order valence-electron chi connectivity index (χ2n) is 7.52. The van der Waals surface area contributed by atoms with Gasteiger partial charge in [-0.3, -0.25) is 23.6 Å². The van der Waals surface area contributed by atoms with Crippen LogP contribution >= 0.6 is 7.82 Å². The Kier molecular flexibility index (Phi) is 6.60. The number of imidazole rings is 1. The molecule has 0 aliphatic heterocycles. The number of aromatic nitrogens is 7. The van der Waals surface area contributed by atoms with Crippen molar-refractivity contribution in [2.24, 2.45) is 0 Å². The van der Waals surface area contributed by atoms with E-state index in [-0.39, 0.29) is 30.0 Å². The fraction of sp³-hybridized carbons (Fsp3) is 0.316. The maximum atomic E-state index is 12.7. The molecule has 0 radical (unpaired) electrons. The number of rotatable bonds is 8. The Morgan fingerprint density at radius 2 is 2.00 bits per heavy atom. The molecule has 4 heterocycles. The lowest BCUT2D eigenvalue weighted by molar-refractivity contribution is -0.141. The lowest BCUT2D eigenvalue weighted by Crippen LogP contribution is -2.18. The Bertz CT molecular complexity index is 1440. The summed E-state index contributed by atoms with van der Waals surface area (Å²) in [5, 5.41) is 4.19. The largest absolute Gasteiger partial charge is 0.471 e. The van der Waals surface area contributed by atoms with Gasteiger partial charge in [0, 0.05) is 12.4 Å². The Morgan fingerprint density at radius 1 is 1.23 bits per heavy atom. The summed E-state index contributed by atoms with van der Waals surface area (Å²) in [4.78, 5) is 45.6. The fourth-order valence-electron chi connectivity index (χ4n) is 3.50. The number of nitrogens with zero attached hydrogens (tertiary/aromatic N) is 6. The average molecular weight is 513 g/mol. The van der Waals surface area contributed by atoms with Gasteiger partial charge >= 0.3 is 14.0 Å². The highest BCUT2D eigenvalue weighted by Crippen LogP contribution is 2.43. The van der Waals surface area contributed by atoms with E-state index in [1.807, 2.05) is 0 Å². The molecular weight excluding hydrogens is 494 g/mol. The molecule has 0 aromatic carbocycles. The Hall–Kier alpha value is -3.39. The predicted octanol–water partition coefficient (Wildman–Crippen LogP) is 2.85. The minimum Gasteiger partial charge on any atom is -0.311 e. The average Bonchev–Trinajstić information content (AvgIpc) is 3.37. The summed E-state index contributed by atoms with van der Waals surface area (Å²) in [5.41, 5.74) is -0.813. The first-order valence-electron chi connectivity index (χ1n) is 10.2. The molecular formula is C19H19F3N7O5P. The van der Waals surface area contributed by atoms with Crippen molar-refractivity contribution in [3.8, 4) is 11.4 Å². The molecule has 35 heavy (non-hydrogen) atoms. The number of aromatic amines is 1. The van der Waals surface area contributed by atoms with E-state index in [4.69, 9.17) is 4.52 Å². The summed E-state index contributed by atoms with van der Waals surface area (Å²) in [7, 11) is -4.94. The molecule has 0 saturated carbocycles. The minimum atomic E-state index is -4.94. The molecule has 4 aromatic rings. The highest BCUT2D eigenvalue weighted by atomic mass is 31.2. The summed E-state index contributed by atoms with van der Waals surface area (Å²) in [6.07, 6.45) is -0.0422. The molecule has 186 valence electrons. The van der Waals surface area contributed by atoms with Crippen LogP contribution in [0.3, 0.4) is 0 Å². The first kappa shape index (κ1) is 24.7. The van der Waals surface area contributed by atoms with E-state index >= 15 is 0 Å². The molecule has 1 atom stereocenters. The second kappa shape index (κ2) is 9.34. The van der Waals surface area contributed by atoms with Crippen molar-refractivity contribution in [3.63, 3.8) is 0 Å². The van der Waals surface area contributed by atoms with E-state index < -0.39 is 31.5 Å². The molecule has 3 N–H and O–H groups in total. The lowest BCUT2D eigenvalue weighted by atomic mass is 10.2. The predicted molar refractivity (Wildman–Crippen MR) is 115 cm³/mol. The number of phosphoric acid groups is 1. The van der Waals surface area contributed by atoms with E-state index in [0.29, 0.717) is 17.5 Å². The molecule has 4 aromatic heterocycles. The molecule has 0 saturated heterocycles. The Balaban J connectivity index is 1.74. The lowest BCUT2D eigenvalue weighted by Gasteiger charge is -2.21. The van der Waals surface area contributed by atoms with E-state index in [0.717, 1.165) is 18.6 Å². The van der Waals surface area contributed by atoms with Crippen LogP contribution in [-0.2, 0) is 21.8 Å². The Labute approximate surface area is 194 Å². The molecule has 0 aliphatic rings. The number of pyridine rings is 1. The van der Waals surface area contributed by atoms with Gasteiger partial charge in [0.15, 0.2) is 11.2 Å². The molecule has 1 unspecified atom stereocenters. The monoisotopic (exact) mass is 513 g/mol. The van der Waals surface area contributed by atoms with E-state index in [9.17, 15) is 32.3 Å². The van der Waals surface area contributed by atoms with Gasteiger partial charge in [0.05, 0.1) is 24.6 Å². The van der Waals surface area contributed by atoms with Crippen LogP contribution in [0.5, 0.6) is 0 Å². The number of fused-ring (bicyclic) bond motifs is 1. The van der Waals surface area contributed by atoms with Crippen LogP contribution in [0.1, 0.15) is 37.3 Å². The molecule has 0 amide bonds. The molecule has 0 spiro atoms. The maximum Gasteiger partial charge on any atom is 0.471 e. The van der Waals surface area contributed by atoms with E-state index in [2.05, 4.69) is 25.0 Å². The van der Waals surface area contributed by atoms with Gasteiger partial charge in [-0.2, -0.15) is 18.3 Å². The van der Waals surface area contributed by atoms with Crippen LogP contribution in [0.2, 0.25) is 0 Å². The first-order chi connectivity index (χ1) is 16.5. The van der Waals surface area contributed by atoms with Crippen molar-refractivity contribution in [2.45, 2.75) is 38.7 Å². The van der Waals surface area contributed by atoms with Crippen molar-refractivity contribution in [3.05, 3.63) is 58.7 Å². The van der Waals surface area contributed by atoms with Gasteiger partial charge < -0.3 is 14.8 Å². The van der Waals surface area contributed by atoms with Crippen molar-refractivity contribution in [1.29, 1.82) is 0 Å². The number of alkyl halides is 3. The summed E-state index contributed by atoms with van der Waals surface area (Å²) in [6, 6.07) is 2.15. The van der Waals surface area contributed by atoms with Gasteiger partial charge in [0.2, 0.25) is 0 Å². The van der Waals surface area contributed by atoms with Crippen LogP contribution in [0, 0.1) is 0 Å². The van der Waals surface area contributed by atoms with Crippen molar-refractivity contribution in [2.75, 3.05) is 0 Å². The highest BCUT2D eigenvalue weighted by Gasteiger charge is 2.32. The standard InChI is InChI=1S/C19H19F3N7O5P/c1-2-3-14(34-35(31,32)33)29-15-16(24-10-25-18(15)30)27-17(29)12-7-26-28(9-12)8-11-4-5-13(23-6-11)19(20,21)22/h4-7,9-10,14H,2-3,8H2,1H3,(H,24,25,30)(H2,31,32,33). The topological polar surface area (TPSA) is 161 Å². The van der Waals surface area contributed by atoms with Crippen molar-refractivity contribution < 1.29 is 32.0 Å². The minimum absolute atomic E-state index is 0.0267. The van der Waals surface area contributed by atoms with Crippen LogP contribution in [0.25, 0.3) is 22.6 Å². The van der Waals surface area contributed by atoms with Gasteiger partial charge in [-0.05, 0) is 18.1 Å². The van der Waals surface area contributed by atoms with E-state index in [1.54, 1.807) is 6.92 Å². The van der Waals surface area contributed by atoms with Gasteiger partial charge in [-0.15, -0.1) is 0 Å².